The highest BCUT2D eigenvalue weighted by Gasteiger charge is 2.44. The summed E-state index contributed by atoms with van der Waals surface area (Å²) < 4.78 is 57.5. The first-order valence-electron chi connectivity index (χ1n) is 6.76. The lowest BCUT2D eigenvalue weighted by Crippen LogP contribution is -2.37. The number of nitrogens with two attached hydrogens (primary N) is 1. The monoisotopic (exact) mass is 366 g/mol. The van der Waals surface area contributed by atoms with Gasteiger partial charge in [-0.1, -0.05) is 42.5 Å². The predicted octanol–water partition coefficient (Wildman–Crippen LogP) is 1.55. The van der Waals surface area contributed by atoms with Crippen molar-refractivity contribution in [3.05, 3.63) is 48.0 Å². The first-order chi connectivity index (χ1) is 11.0. The normalized spacial score (nSPS) is 18.6. The maximum atomic E-state index is 11.1. The van der Waals surface area contributed by atoms with Gasteiger partial charge in [-0.05, 0) is 5.56 Å². The topological polar surface area (TPSA) is 101 Å². The van der Waals surface area contributed by atoms with E-state index in [0.717, 1.165) is 19.6 Å². The van der Waals surface area contributed by atoms with Crippen LogP contribution >= 0.6 is 0 Å². The Morgan fingerprint density at radius 1 is 1.29 bits per heavy atom. The van der Waals surface area contributed by atoms with E-state index in [2.05, 4.69) is 17.0 Å². The molecular weight excluding hydrogens is 349 g/mol. The van der Waals surface area contributed by atoms with Gasteiger partial charge in [-0.2, -0.15) is 21.6 Å². The van der Waals surface area contributed by atoms with Crippen molar-refractivity contribution in [2.24, 2.45) is 11.7 Å². The molecular formula is C14H17F3N2O4S. The molecule has 24 heavy (non-hydrogen) atoms. The smallest absolute Gasteiger partial charge is 0.369 e. The van der Waals surface area contributed by atoms with Crippen LogP contribution in [0.4, 0.5) is 13.2 Å². The third-order valence-corrected chi connectivity index (χ3v) is 3.68. The molecule has 1 atom stereocenters. The number of carbonyl (C=O) groups excluding carboxylic acids is 1. The minimum atomic E-state index is -5.84. The Bertz CT molecular complexity index is 675. The van der Waals surface area contributed by atoms with E-state index in [1.54, 1.807) is 0 Å². The van der Waals surface area contributed by atoms with Gasteiger partial charge in [0.2, 0.25) is 5.91 Å². The van der Waals surface area contributed by atoms with Gasteiger partial charge in [-0.3, -0.25) is 14.2 Å². The zero-order valence-electron chi connectivity index (χ0n) is 12.5. The van der Waals surface area contributed by atoms with E-state index in [1.165, 1.54) is 5.56 Å². The summed E-state index contributed by atoms with van der Waals surface area (Å²) in [5, 5.41) is 0. The molecule has 10 heteroatoms. The second kappa shape index (κ2) is 8.27. The summed E-state index contributed by atoms with van der Waals surface area (Å²) >= 11 is 0. The molecule has 1 aliphatic rings. The van der Waals surface area contributed by atoms with E-state index in [1.807, 2.05) is 30.4 Å². The van der Waals surface area contributed by atoms with Crippen molar-refractivity contribution < 1.29 is 30.9 Å². The summed E-state index contributed by atoms with van der Waals surface area (Å²) in [6.07, 6.45) is 3.92. The number of primary amides is 1. The molecule has 3 N–H and O–H groups in total. The van der Waals surface area contributed by atoms with Crippen molar-refractivity contribution in [1.29, 1.82) is 0 Å². The van der Waals surface area contributed by atoms with Crippen molar-refractivity contribution in [2.45, 2.75) is 12.1 Å². The highest BCUT2D eigenvalue weighted by molar-refractivity contribution is 7.86. The van der Waals surface area contributed by atoms with Crippen molar-refractivity contribution in [1.82, 2.24) is 4.90 Å². The first kappa shape index (κ1) is 20.1. The zero-order valence-corrected chi connectivity index (χ0v) is 13.3. The molecule has 0 aromatic heterocycles. The van der Waals surface area contributed by atoms with E-state index >= 15 is 0 Å². The van der Waals surface area contributed by atoms with Crippen LogP contribution in [0.1, 0.15) is 5.56 Å². The number of rotatable bonds is 3. The maximum Gasteiger partial charge on any atom is 0.522 e. The summed E-state index contributed by atoms with van der Waals surface area (Å²) in [5.74, 6) is -0.383. The molecule has 0 radical (unpaired) electrons. The molecule has 6 nitrogen and oxygen atoms in total. The van der Waals surface area contributed by atoms with Gasteiger partial charge >= 0.3 is 15.6 Å². The Morgan fingerprint density at radius 2 is 1.83 bits per heavy atom. The zero-order chi connectivity index (χ0) is 18.4. The molecule has 1 amide bonds. The molecule has 1 heterocycles. The molecule has 134 valence electrons. The van der Waals surface area contributed by atoms with E-state index in [4.69, 9.17) is 18.7 Å². The van der Waals surface area contributed by atoms with Crippen molar-refractivity contribution in [2.75, 3.05) is 13.1 Å². The SMILES string of the molecule is NC(=O)C1C=CCN(Cc2ccccc2)C1.O=S(=O)(O)C(F)(F)F. The largest absolute Gasteiger partial charge is 0.522 e. The van der Waals surface area contributed by atoms with Crippen molar-refractivity contribution in [3.8, 4) is 0 Å². The van der Waals surface area contributed by atoms with Crippen molar-refractivity contribution >= 4 is 16.0 Å². The lowest BCUT2D eigenvalue weighted by molar-refractivity contribution is -0.121. The van der Waals surface area contributed by atoms with E-state index in [-0.39, 0.29) is 11.8 Å². The number of benzene rings is 1. The molecule has 0 saturated carbocycles. The molecule has 0 saturated heterocycles. The van der Waals surface area contributed by atoms with Crippen LogP contribution < -0.4 is 5.73 Å². The molecule has 0 bridgehead atoms. The Hall–Kier alpha value is -1.91. The number of nitrogens with zero attached hydrogens (tertiary/aromatic N) is 1. The minimum absolute atomic E-state index is 0.141. The van der Waals surface area contributed by atoms with Gasteiger partial charge in [0.25, 0.3) is 0 Å². The molecule has 1 aromatic carbocycles. The van der Waals surface area contributed by atoms with Crippen LogP contribution in [-0.4, -0.2) is 42.4 Å². The van der Waals surface area contributed by atoms with Gasteiger partial charge in [0.05, 0.1) is 5.92 Å². The highest BCUT2D eigenvalue weighted by atomic mass is 32.2. The third kappa shape index (κ3) is 6.69. The summed E-state index contributed by atoms with van der Waals surface area (Å²) in [4.78, 5) is 13.3. The van der Waals surface area contributed by atoms with Crippen LogP contribution in [0.2, 0.25) is 0 Å². The van der Waals surface area contributed by atoms with Crippen LogP contribution in [0.3, 0.4) is 0 Å². The van der Waals surface area contributed by atoms with Crippen LogP contribution in [0.25, 0.3) is 0 Å². The average molecular weight is 366 g/mol. The van der Waals surface area contributed by atoms with Gasteiger partial charge in [-0.25, -0.2) is 0 Å². The van der Waals surface area contributed by atoms with Crippen LogP contribution in [-0.2, 0) is 21.5 Å². The quantitative estimate of drug-likeness (QED) is 0.480. The Morgan fingerprint density at radius 3 is 2.29 bits per heavy atom. The molecule has 0 fully saturated rings. The lowest BCUT2D eigenvalue weighted by Gasteiger charge is -2.27. The Kier molecular flexibility index (Phi) is 6.93. The van der Waals surface area contributed by atoms with Gasteiger partial charge in [0.1, 0.15) is 0 Å². The van der Waals surface area contributed by atoms with Crippen LogP contribution in [0.15, 0.2) is 42.5 Å². The number of hydrogen-bond donors (Lipinski definition) is 2. The first-order valence-corrected chi connectivity index (χ1v) is 8.20. The van der Waals surface area contributed by atoms with Gasteiger partial charge in [0.15, 0.2) is 0 Å². The summed E-state index contributed by atoms with van der Waals surface area (Å²) in [6, 6.07) is 10.3. The van der Waals surface area contributed by atoms with Crippen molar-refractivity contribution in [3.63, 3.8) is 0 Å². The maximum absolute atomic E-state index is 11.1. The minimum Gasteiger partial charge on any atom is -0.369 e. The molecule has 1 aliphatic heterocycles. The number of carbonyl (C=O) groups is 1. The second-order valence-electron chi connectivity index (χ2n) is 5.04. The third-order valence-electron chi connectivity index (χ3n) is 3.09. The standard InChI is InChI=1S/C13H16N2O.CHF3O3S/c14-13(16)12-7-4-8-15(10-12)9-11-5-2-1-3-6-11;2-1(3,4)8(5,6)7/h1-7,12H,8-10H2,(H2,14,16);(H,5,6,7). The number of halogens is 3. The molecule has 1 aromatic rings. The lowest BCUT2D eigenvalue weighted by atomic mass is 10.0. The number of hydrogen-bond acceptors (Lipinski definition) is 4. The van der Waals surface area contributed by atoms with Gasteiger partial charge in [-0.15, -0.1) is 0 Å². The van der Waals surface area contributed by atoms with E-state index in [9.17, 15) is 18.0 Å². The molecule has 0 spiro atoms. The van der Waals surface area contributed by atoms with Crippen LogP contribution in [0, 0.1) is 5.92 Å². The van der Waals surface area contributed by atoms with Gasteiger partial charge in [0, 0.05) is 19.6 Å². The number of amides is 1. The summed E-state index contributed by atoms with van der Waals surface area (Å²) in [5.41, 5.74) is 1.04. The second-order valence-corrected chi connectivity index (χ2v) is 6.45. The molecule has 1 unspecified atom stereocenters. The molecule has 2 rings (SSSR count). The average Bonchev–Trinajstić information content (AvgIpc) is 2.47. The van der Waals surface area contributed by atoms with Gasteiger partial charge < -0.3 is 5.73 Å². The Labute approximate surface area is 137 Å². The molecule has 0 aliphatic carbocycles. The van der Waals surface area contributed by atoms with Crippen LogP contribution in [0.5, 0.6) is 0 Å². The van der Waals surface area contributed by atoms with E-state index in [0.29, 0.717) is 0 Å². The fourth-order valence-corrected chi connectivity index (χ4v) is 1.94. The predicted molar refractivity (Wildman–Crippen MR) is 81.1 cm³/mol. The fraction of sp³-hybridized carbons (Fsp3) is 0.357. The summed E-state index contributed by atoms with van der Waals surface area (Å²) in [6.45, 7) is 2.48. The Balaban J connectivity index is 0.000000307. The van der Waals surface area contributed by atoms with E-state index < -0.39 is 15.6 Å². The fourth-order valence-electron chi connectivity index (χ4n) is 1.94. The number of alkyl halides is 3. The summed E-state index contributed by atoms with van der Waals surface area (Å²) in [7, 11) is -5.84. The highest BCUT2D eigenvalue weighted by Crippen LogP contribution is 2.20.